The van der Waals surface area contributed by atoms with Gasteiger partial charge in [0.2, 0.25) is 0 Å². The van der Waals surface area contributed by atoms with E-state index in [9.17, 15) is 4.79 Å². The van der Waals surface area contributed by atoms with Crippen LogP contribution < -0.4 is 0 Å². The molecule has 0 aromatic rings. The number of hydrogen-bond acceptors (Lipinski definition) is 3. The van der Waals surface area contributed by atoms with Gasteiger partial charge in [-0.05, 0) is 5.41 Å². The molecule has 0 atom stereocenters. The van der Waals surface area contributed by atoms with Gasteiger partial charge >= 0.3 is 6.16 Å². The summed E-state index contributed by atoms with van der Waals surface area (Å²) in [4.78, 5) is 10.4. The average Bonchev–Trinajstić information content (AvgIpc) is 2.34. The van der Waals surface area contributed by atoms with Crippen molar-refractivity contribution in [2.45, 2.75) is 13.8 Å². The molecule has 0 aromatic heterocycles. The van der Waals surface area contributed by atoms with Crippen molar-refractivity contribution in [1.29, 1.82) is 0 Å². The average molecular weight is 372 g/mol. The molecule has 0 radical (unpaired) electrons. The van der Waals surface area contributed by atoms with Gasteiger partial charge in [-0.25, -0.2) is 4.79 Å². The first kappa shape index (κ1) is 19.1. The molecule has 0 aromatic carbocycles. The van der Waals surface area contributed by atoms with Gasteiger partial charge in [-0.3, -0.25) is 0 Å². The number of carbonyl (C=O) groups excluding carboxylic acids is 1. The third-order valence-electron chi connectivity index (χ3n) is 1.36. The van der Waals surface area contributed by atoms with Crippen molar-refractivity contribution >= 4 is 38.0 Å². The summed E-state index contributed by atoms with van der Waals surface area (Å²) in [6.07, 6.45) is 2.24. The van der Waals surface area contributed by atoms with Crippen molar-refractivity contribution < 1.29 is 14.3 Å². The van der Waals surface area contributed by atoms with Crippen LogP contribution in [0.2, 0.25) is 0 Å². The fourth-order valence-electron chi connectivity index (χ4n) is 0.331. The molecule has 0 heterocycles. The highest BCUT2D eigenvalue weighted by atomic mass is 79.9. The van der Waals surface area contributed by atoms with Gasteiger partial charge in [0.05, 0.1) is 0 Å². The molecule has 3 nitrogen and oxygen atoms in total. The third kappa shape index (κ3) is 15.7. The Morgan fingerprint density at radius 3 is 1.65 bits per heavy atom. The van der Waals surface area contributed by atoms with Gasteiger partial charge in [0.25, 0.3) is 0 Å². The smallest absolute Gasteiger partial charge is 0.430 e. The molecule has 17 heavy (non-hydrogen) atoms. The van der Waals surface area contributed by atoms with E-state index in [4.69, 9.17) is 0 Å². The van der Waals surface area contributed by atoms with E-state index in [0.29, 0.717) is 5.41 Å². The van der Waals surface area contributed by atoms with Crippen LogP contribution in [-0.2, 0) is 9.47 Å². The Morgan fingerprint density at radius 2 is 1.47 bits per heavy atom. The molecular weight excluding hydrogens is 352 g/mol. The van der Waals surface area contributed by atoms with Crippen molar-refractivity contribution in [2.75, 3.05) is 23.9 Å². The van der Waals surface area contributed by atoms with Gasteiger partial charge in [-0.15, -0.1) is 0 Å². The standard InChI is InChI=1S/C7H10O3.C5H10Br2/c1-3-5-9-7(8)10-6-4-2;1-5(2,3-6)4-7/h3-4H,1-2,5-6H2;3-4H2,1-2H3. The second-order valence-corrected chi connectivity index (χ2v) is 5.00. The molecule has 0 amide bonds. The SMILES string of the molecule is C=CCOC(=O)OCC=C.CC(C)(CBr)CBr. The Hall–Kier alpha value is -0.290. The van der Waals surface area contributed by atoms with E-state index in [1.165, 1.54) is 12.2 Å². The minimum atomic E-state index is -0.695. The third-order valence-corrected chi connectivity index (χ3v) is 4.40. The molecule has 0 aliphatic heterocycles. The second-order valence-electron chi connectivity index (χ2n) is 3.88. The van der Waals surface area contributed by atoms with Gasteiger partial charge in [-0.1, -0.05) is 71.0 Å². The summed E-state index contributed by atoms with van der Waals surface area (Å²) < 4.78 is 8.93. The summed E-state index contributed by atoms with van der Waals surface area (Å²) in [6.45, 7) is 11.5. The lowest BCUT2D eigenvalue weighted by Crippen LogP contribution is -2.13. The minimum Gasteiger partial charge on any atom is -0.430 e. The summed E-state index contributed by atoms with van der Waals surface area (Å²) >= 11 is 6.80. The fourth-order valence-corrected chi connectivity index (χ4v) is 1.26. The fraction of sp³-hybridized carbons (Fsp3) is 0.583. The van der Waals surface area contributed by atoms with E-state index in [1.54, 1.807) is 0 Å². The predicted molar refractivity (Wildman–Crippen MR) is 79.1 cm³/mol. The summed E-state index contributed by atoms with van der Waals surface area (Å²) in [5, 5.41) is 2.12. The molecule has 0 spiro atoms. The Balaban J connectivity index is 0. The highest BCUT2D eigenvalue weighted by molar-refractivity contribution is 9.09. The maximum Gasteiger partial charge on any atom is 0.508 e. The largest absolute Gasteiger partial charge is 0.508 e. The Kier molecular flexibility index (Phi) is 13.6. The van der Waals surface area contributed by atoms with E-state index in [-0.39, 0.29) is 13.2 Å². The van der Waals surface area contributed by atoms with E-state index in [0.717, 1.165) is 10.7 Å². The van der Waals surface area contributed by atoms with Crippen LogP contribution in [-0.4, -0.2) is 30.0 Å². The minimum absolute atomic E-state index is 0.177. The van der Waals surface area contributed by atoms with Crippen molar-refractivity contribution in [3.8, 4) is 0 Å². The lowest BCUT2D eigenvalue weighted by atomic mass is 10.0. The van der Waals surface area contributed by atoms with Crippen molar-refractivity contribution in [3.63, 3.8) is 0 Å². The van der Waals surface area contributed by atoms with E-state index >= 15 is 0 Å². The molecule has 0 unspecified atom stereocenters. The zero-order valence-electron chi connectivity index (χ0n) is 10.4. The van der Waals surface area contributed by atoms with Crippen LogP contribution in [0.15, 0.2) is 25.3 Å². The summed E-state index contributed by atoms with van der Waals surface area (Å²) in [7, 11) is 0. The van der Waals surface area contributed by atoms with Gasteiger partial charge in [0.1, 0.15) is 13.2 Å². The Labute approximate surface area is 121 Å². The maximum atomic E-state index is 10.4. The van der Waals surface area contributed by atoms with Crippen LogP contribution >= 0.6 is 31.9 Å². The van der Waals surface area contributed by atoms with Crippen LogP contribution in [0.1, 0.15) is 13.8 Å². The van der Waals surface area contributed by atoms with Gasteiger partial charge in [0, 0.05) is 10.7 Å². The lowest BCUT2D eigenvalue weighted by Gasteiger charge is -2.16. The number of halogens is 2. The molecule has 0 fully saturated rings. The van der Waals surface area contributed by atoms with Crippen LogP contribution in [0.4, 0.5) is 4.79 Å². The predicted octanol–water partition coefficient (Wildman–Crippen LogP) is 4.31. The monoisotopic (exact) mass is 370 g/mol. The molecule has 0 rings (SSSR count). The molecule has 5 heteroatoms. The molecule has 100 valence electrons. The first-order valence-corrected chi connectivity index (χ1v) is 7.31. The summed E-state index contributed by atoms with van der Waals surface area (Å²) in [5.41, 5.74) is 0.417. The number of ether oxygens (including phenoxy) is 2. The van der Waals surface area contributed by atoms with Crippen LogP contribution in [0.5, 0.6) is 0 Å². The van der Waals surface area contributed by atoms with Crippen molar-refractivity contribution in [2.24, 2.45) is 5.41 Å². The van der Waals surface area contributed by atoms with Gasteiger partial charge in [0.15, 0.2) is 0 Å². The number of carbonyl (C=O) groups is 1. The highest BCUT2D eigenvalue weighted by Crippen LogP contribution is 2.19. The molecule has 0 bridgehead atoms. The molecular formula is C12H20Br2O3. The molecule has 0 aliphatic rings. The topological polar surface area (TPSA) is 35.5 Å². The molecule has 0 saturated carbocycles. The zero-order valence-corrected chi connectivity index (χ0v) is 13.6. The Morgan fingerprint density at radius 1 is 1.12 bits per heavy atom. The number of rotatable bonds is 6. The highest BCUT2D eigenvalue weighted by Gasteiger charge is 2.12. The van der Waals surface area contributed by atoms with Crippen molar-refractivity contribution in [3.05, 3.63) is 25.3 Å². The molecule has 0 N–H and O–H groups in total. The summed E-state index contributed by atoms with van der Waals surface area (Å²) in [6, 6.07) is 0. The summed E-state index contributed by atoms with van der Waals surface area (Å²) in [5.74, 6) is 0. The zero-order chi connectivity index (χ0) is 13.7. The molecule has 0 aliphatic carbocycles. The normalized spacial score (nSPS) is 9.65. The molecule has 0 saturated heterocycles. The quantitative estimate of drug-likeness (QED) is 0.396. The van der Waals surface area contributed by atoms with E-state index in [1.807, 2.05) is 0 Å². The number of hydrogen-bond donors (Lipinski definition) is 0. The van der Waals surface area contributed by atoms with Crippen LogP contribution in [0.3, 0.4) is 0 Å². The number of alkyl halides is 2. The maximum absolute atomic E-state index is 10.4. The van der Waals surface area contributed by atoms with E-state index < -0.39 is 6.16 Å². The Bertz CT molecular complexity index is 208. The van der Waals surface area contributed by atoms with E-state index in [2.05, 4.69) is 68.3 Å². The first-order chi connectivity index (χ1) is 7.93. The van der Waals surface area contributed by atoms with Gasteiger partial charge < -0.3 is 9.47 Å². The first-order valence-electron chi connectivity index (χ1n) is 5.06. The van der Waals surface area contributed by atoms with Gasteiger partial charge in [-0.2, -0.15) is 0 Å². The van der Waals surface area contributed by atoms with Crippen LogP contribution in [0, 0.1) is 5.41 Å². The van der Waals surface area contributed by atoms with Crippen LogP contribution in [0.25, 0.3) is 0 Å². The lowest BCUT2D eigenvalue weighted by molar-refractivity contribution is 0.0718. The second kappa shape index (κ2) is 12.2. The van der Waals surface area contributed by atoms with Crippen molar-refractivity contribution in [1.82, 2.24) is 0 Å².